The summed E-state index contributed by atoms with van der Waals surface area (Å²) in [5.41, 5.74) is 6.66. The Balaban J connectivity index is 1.53. The molecule has 0 aliphatic rings. The lowest BCUT2D eigenvalue weighted by atomic mass is 10.1. The molecule has 6 nitrogen and oxygen atoms in total. The van der Waals surface area contributed by atoms with Gasteiger partial charge in [-0.25, -0.2) is 10.9 Å². The van der Waals surface area contributed by atoms with E-state index in [2.05, 4.69) is 21.1 Å². The molecular weight excluding hydrogens is 411 g/mol. The second kappa shape index (κ2) is 12.7. The number of nitrogens with one attached hydrogen (secondary N) is 2. The van der Waals surface area contributed by atoms with Crippen LogP contribution in [0.15, 0.2) is 58.7 Å². The third-order valence-electron chi connectivity index (χ3n) is 3.85. The fourth-order valence-corrected chi connectivity index (χ4v) is 2.57. The van der Waals surface area contributed by atoms with Crippen LogP contribution < -0.4 is 10.9 Å². The summed E-state index contributed by atoms with van der Waals surface area (Å²) in [5.74, 6) is -0.320. The minimum atomic E-state index is -0.160. The van der Waals surface area contributed by atoms with E-state index < -0.39 is 0 Å². The molecule has 0 aromatic heterocycles. The van der Waals surface area contributed by atoms with Gasteiger partial charge in [-0.05, 0) is 48.2 Å². The summed E-state index contributed by atoms with van der Waals surface area (Å²) >= 11 is 11.6. The molecule has 0 saturated heterocycles. The maximum atomic E-state index is 11.7. The monoisotopic (exact) mass is 432 g/mol. The second-order valence-corrected chi connectivity index (χ2v) is 7.12. The van der Waals surface area contributed by atoms with E-state index >= 15 is 0 Å². The number of hydrogen-bond donors (Lipinski definition) is 2. The van der Waals surface area contributed by atoms with E-state index in [9.17, 15) is 9.59 Å². The normalized spacial score (nSPS) is 11.1. The zero-order chi connectivity index (χ0) is 20.9. The van der Waals surface area contributed by atoms with Crippen molar-refractivity contribution in [3.63, 3.8) is 0 Å². The summed E-state index contributed by atoms with van der Waals surface area (Å²) in [7, 11) is 0. The number of rotatable bonds is 10. The van der Waals surface area contributed by atoms with Gasteiger partial charge in [-0.3, -0.25) is 9.59 Å². The average molecular weight is 433 g/mol. The first-order valence-corrected chi connectivity index (χ1v) is 9.93. The van der Waals surface area contributed by atoms with Gasteiger partial charge in [0.15, 0.2) is 0 Å². The molecule has 0 heterocycles. The van der Waals surface area contributed by atoms with Crippen LogP contribution in [0.25, 0.3) is 0 Å². The summed E-state index contributed by atoms with van der Waals surface area (Å²) in [6, 6.07) is 14.2. The molecular formula is C21H22Cl2N4O2. The highest BCUT2D eigenvalue weighted by atomic mass is 35.5. The third kappa shape index (κ3) is 9.87. The second-order valence-electron chi connectivity index (χ2n) is 6.25. The van der Waals surface area contributed by atoms with Gasteiger partial charge in [-0.15, -0.1) is 0 Å². The average Bonchev–Trinajstić information content (AvgIpc) is 2.71. The number of benzene rings is 2. The van der Waals surface area contributed by atoms with Crippen LogP contribution in [0.1, 0.15) is 43.2 Å². The summed E-state index contributed by atoms with van der Waals surface area (Å²) < 4.78 is 0. The summed E-state index contributed by atoms with van der Waals surface area (Å²) in [4.78, 5) is 23.5. The quantitative estimate of drug-likeness (QED) is 0.328. The van der Waals surface area contributed by atoms with Crippen molar-refractivity contribution in [3.05, 3.63) is 69.7 Å². The van der Waals surface area contributed by atoms with E-state index in [1.165, 1.54) is 0 Å². The van der Waals surface area contributed by atoms with E-state index in [1.54, 1.807) is 36.7 Å². The van der Waals surface area contributed by atoms with Gasteiger partial charge in [0.05, 0.1) is 12.4 Å². The molecule has 0 fully saturated rings. The van der Waals surface area contributed by atoms with Gasteiger partial charge in [-0.1, -0.05) is 53.9 Å². The van der Waals surface area contributed by atoms with E-state index in [0.717, 1.165) is 17.5 Å². The van der Waals surface area contributed by atoms with Crippen molar-refractivity contribution in [2.75, 3.05) is 0 Å². The number of nitrogens with zero attached hydrogens (tertiary/aromatic N) is 2. The SMILES string of the molecule is O=C(CCCCCC(=O)N/N=C/c1ccc(Cl)cc1)N/N=C/c1ccc(Cl)cc1. The minimum Gasteiger partial charge on any atom is -0.273 e. The van der Waals surface area contributed by atoms with Gasteiger partial charge < -0.3 is 0 Å². The lowest BCUT2D eigenvalue weighted by molar-refractivity contribution is -0.121. The molecule has 0 saturated carbocycles. The smallest absolute Gasteiger partial charge is 0.240 e. The Morgan fingerprint density at radius 2 is 1.07 bits per heavy atom. The van der Waals surface area contributed by atoms with Crippen molar-refractivity contribution in [1.29, 1.82) is 0 Å². The number of unbranched alkanes of at least 4 members (excludes halogenated alkanes) is 2. The molecule has 2 aromatic rings. The maximum Gasteiger partial charge on any atom is 0.240 e. The maximum absolute atomic E-state index is 11.7. The highest BCUT2D eigenvalue weighted by Gasteiger charge is 2.02. The first kappa shape index (κ1) is 22.6. The standard InChI is InChI=1S/C21H22Cl2N4O2/c22-18-10-6-16(7-11-18)14-24-26-20(28)4-2-1-3-5-21(29)27-25-15-17-8-12-19(23)13-9-17/h6-15H,1-5H2,(H,26,28)(H,27,29)/b24-14+,25-15+. The Morgan fingerprint density at radius 1 is 0.690 bits per heavy atom. The highest BCUT2D eigenvalue weighted by molar-refractivity contribution is 6.30. The summed E-state index contributed by atoms with van der Waals surface area (Å²) in [6.45, 7) is 0. The lowest BCUT2D eigenvalue weighted by Gasteiger charge is -2.01. The van der Waals surface area contributed by atoms with Crippen molar-refractivity contribution >= 4 is 47.4 Å². The van der Waals surface area contributed by atoms with Crippen LogP contribution in [0.3, 0.4) is 0 Å². The van der Waals surface area contributed by atoms with Gasteiger partial charge >= 0.3 is 0 Å². The molecule has 0 atom stereocenters. The molecule has 0 bridgehead atoms. The summed E-state index contributed by atoms with van der Waals surface area (Å²) in [5, 5.41) is 9.11. The van der Waals surface area contributed by atoms with E-state index in [1.807, 2.05) is 24.3 Å². The minimum absolute atomic E-state index is 0.160. The molecule has 2 N–H and O–H groups in total. The highest BCUT2D eigenvalue weighted by Crippen LogP contribution is 2.08. The van der Waals surface area contributed by atoms with Crippen LogP contribution in [0.4, 0.5) is 0 Å². The van der Waals surface area contributed by atoms with E-state index in [-0.39, 0.29) is 11.8 Å². The predicted octanol–water partition coefficient (Wildman–Crippen LogP) is 4.54. The number of amides is 2. The molecule has 8 heteroatoms. The van der Waals surface area contributed by atoms with Crippen LogP contribution in [-0.2, 0) is 9.59 Å². The first-order chi connectivity index (χ1) is 14.0. The van der Waals surface area contributed by atoms with Crippen LogP contribution in [-0.4, -0.2) is 24.2 Å². The Labute approximate surface area is 180 Å². The molecule has 0 spiro atoms. The Kier molecular flexibility index (Phi) is 9.89. The topological polar surface area (TPSA) is 82.9 Å². The van der Waals surface area contributed by atoms with E-state index in [4.69, 9.17) is 23.2 Å². The molecule has 152 valence electrons. The Morgan fingerprint density at radius 3 is 1.45 bits per heavy atom. The summed E-state index contributed by atoms with van der Waals surface area (Å²) in [6.07, 6.45) is 5.96. The molecule has 0 radical (unpaired) electrons. The molecule has 2 aromatic carbocycles. The molecule has 2 rings (SSSR count). The fraction of sp³-hybridized carbons (Fsp3) is 0.238. The van der Waals surface area contributed by atoms with Crippen LogP contribution >= 0.6 is 23.2 Å². The Bertz CT molecular complexity index is 778. The third-order valence-corrected chi connectivity index (χ3v) is 4.36. The van der Waals surface area contributed by atoms with Crippen LogP contribution in [0.5, 0.6) is 0 Å². The molecule has 0 aliphatic carbocycles. The van der Waals surface area contributed by atoms with Crippen molar-refractivity contribution in [2.45, 2.75) is 32.1 Å². The van der Waals surface area contributed by atoms with Gasteiger partial charge in [0.25, 0.3) is 0 Å². The lowest BCUT2D eigenvalue weighted by Crippen LogP contribution is -2.18. The van der Waals surface area contributed by atoms with Gasteiger partial charge in [0, 0.05) is 22.9 Å². The Hall–Kier alpha value is -2.70. The number of hydrogen-bond acceptors (Lipinski definition) is 4. The number of hydrazone groups is 2. The molecule has 0 aliphatic heterocycles. The molecule has 29 heavy (non-hydrogen) atoms. The number of halogens is 2. The number of carbonyl (C=O) groups is 2. The first-order valence-electron chi connectivity index (χ1n) is 9.18. The van der Waals surface area contributed by atoms with Gasteiger partial charge in [0.1, 0.15) is 0 Å². The molecule has 0 unspecified atom stereocenters. The zero-order valence-corrected chi connectivity index (χ0v) is 17.3. The predicted molar refractivity (Wildman–Crippen MR) is 117 cm³/mol. The number of carbonyl (C=O) groups excluding carboxylic acids is 2. The van der Waals surface area contributed by atoms with Crippen LogP contribution in [0.2, 0.25) is 10.0 Å². The fourth-order valence-electron chi connectivity index (χ4n) is 2.32. The van der Waals surface area contributed by atoms with Crippen molar-refractivity contribution in [3.8, 4) is 0 Å². The van der Waals surface area contributed by atoms with E-state index in [0.29, 0.717) is 35.7 Å². The zero-order valence-electron chi connectivity index (χ0n) is 15.8. The van der Waals surface area contributed by atoms with Gasteiger partial charge in [-0.2, -0.15) is 10.2 Å². The van der Waals surface area contributed by atoms with Crippen molar-refractivity contribution < 1.29 is 9.59 Å². The molecule has 2 amide bonds. The van der Waals surface area contributed by atoms with Crippen molar-refractivity contribution in [2.24, 2.45) is 10.2 Å². The van der Waals surface area contributed by atoms with Gasteiger partial charge in [0.2, 0.25) is 11.8 Å². The van der Waals surface area contributed by atoms with Crippen molar-refractivity contribution in [1.82, 2.24) is 10.9 Å². The largest absolute Gasteiger partial charge is 0.273 e. The van der Waals surface area contributed by atoms with Crippen LogP contribution in [0, 0.1) is 0 Å².